The van der Waals surface area contributed by atoms with Crippen molar-refractivity contribution in [2.24, 2.45) is 0 Å². The van der Waals surface area contributed by atoms with Crippen LogP contribution in [0.15, 0.2) is 40.5 Å². The third-order valence-electron chi connectivity index (χ3n) is 2.42. The van der Waals surface area contributed by atoms with E-state index in [2.05, 4.69) is 15.1 Å². The number of hydrogen-bond acceptors (Lipinski definition) is 5. The van der Waals surface area contributed by atoms with E-state index in [4.69, 9.17) is 4.52 Å². The van der Waals surface area contributed by atoms with Crippen LogP contribution in [0.1, 0.15) is 5.56 Å². The van der Waals surface area contributed by atoms with E-state index in [-0.39, 0.29) is 0 Å². The van der Waals surface area contributed by atoms with Crippen molar-refractivity contribution in [3.63, 3.8) is 0 Å². The first kappa shape index (κ1) is 10.2. The minimum atomic E-state index is 0.535. The summed E-state index contributed by atoms with van der Waals surface area (Å²) in [6, 6.07) is 5.81. The third kappa shape index (κ3) is 1.85. The fourth-order valence-electron chi connectivity index (χ4n) is 1.55. The maximum atomic E-state index is 5.27. The van der Waals surface area contributed by atoms with E-state index in [1.165, 1.54) is 0 Å². The van der Waals surface area contributed by atoms with Crippen molar-refractivity contribution in [2.45, 2.75) is 6.92 Å². The normalized spacial score (nSPS) is 10.6. The number of aromatic nitrogens is 3. The Kier molecular flexibility index (Phi) is 2.45. The molecule has 0 N–H and O–H groups in total. The molecule has 0 spiro atoms. The van der Waals surface area contributed by atoms with E-state index in [0.29, 0.717) is 11.7 Å². The van der Waals surface area contributed by atoms with Gasteiger partial charge in [-0.2, -0.15) is 4.98 Å². The van der Waals surface area contributed by atoms with Crippen molar-refractivity contribution in [1.29, 1.82) is 0 Å². The average Bonchev–Trinajstić information content (AvgIpc) is 3.00. The van der Waals surface area contributed by atoms with Gasteiger partial charge >= 0.3 is 0 Å². The molecule has 17 heavy (non-hydrogen) atoms. The van der Waals surface area contributed by atoms with Crippen LogP contribution in [0.4, 0.5) is 0 Å². The molecule has 3 aromatic rings. The second-order valence-electron chi connectivity index (χ2n) is 3.59. The molecule has 0 aliphatic rings. The summed E-state index contributed by atoms with van der Waals surface area (Å²) in [5.74, 6) is 1.17. The number of hydrogen-bond donors (Lipinski definition) is 0. The highest BCUT2D eigenvalue weighted by Crippen LogP contribution is 2.26. The van der Waals surface area contributed by atoms with E-state index >= 15 is 0 Å². The lowest BCUT2D eigenvalue weighted by molar-refractivity contribution is 0.432. The smallest absolute Gasteiger partial charge is 0.258 e. The van der Waals surface area contributed by atoms with Crippen molar-refractivity contribution in [1.82, 2.24) is 15.1 Å². The van der Waals surface area contributed by atoms with Gasteiger partial charge in [-0.15, -0.1) is 11.3 Å². The molecule has 5 heteroatoms. The minimum absolute atomic E-state index is 0.535. The Morgan fingerprint density at radius 2 is 2.24 bits per heavy atom. The standard InChI is InChI=1S/C12H9N3OS/c1-8-7-13-5-4-9(8)12-14-11(15-16-12)10-3-2-6-17-10/h2-7H,1H3. The van der Waals surface area contributed by atoms with Gasteiger partial charge in [0.05, 0.1) is 4.88 Å². The molecule has 84 valence electrons. The number of pyridine rings is 1. The van der Waals surface area contributed by atoms with Crippen molar-refractivity contribution in [3.05, 3.63) is 41.5 Å². The zero-order valence-corrected chi connectivity index (χ0v) is 9.94. The van der Waals surface area contributed by atoms with E-state index in [9.17, 15) is 0 Å². The summed E-state index contributed by atoms with van der Waals surface area (Å²) in [5.41, 5.74) is 1.95. The first-order valence-electron chi connectivity index (χ1n) is 5.13. The first-order valence-corrected chi connectivity index (χ1v) is 6.01. The zero-order valence-electron chi connectivity index (χ0n) is 9.12. The average molecular weight is 243 g/mol. The van der Waals surface area contributed by atoms with Crippen LogP contribution in [0, 0.1) is 6.92 Å². The molecule has 3 heterocycles. The van der Waals surface area contributed by atoms with E-state index in [1.54, 1.807) is 23.7 Å². The molecular weight excluding hydrogens is 234 g/mol. The van der Waals surface area contributed by atoms with Crippen LogP contribution in [0.2, 0.25) is 0 Å². The molecule has 0 bridgehead atoms. The maximum Gasteiger partial charge on any atom is 0.258 e. The summed E-state index contributed by atoms with van der Waals surface area (Å²) in [7, 11) is 0. The van der Waals surface area contributed by atoms with Gasteiger partial charge in [0.25, 0.3) is 5.89 Å². The fraction of sp³-hybridized carbons (Fsp3) is 0.0833. The molecule has 0 aromatic carbocycles. The lowest BCUT2D eigenvalue weighted by Crippen LogP contribution is -1.84. The molecule has 0 fully saturated rings. The summed E-state index contributed by atoms with van der Waals surface area (Å²) in [6.45, 7) is 1.97. The summed E-state index contributed by atoms with van der Waals surface area (Å²) in [6.07, 6.45) is 3.50. The lowest BCUT2D eigenvalue weighted by Gasteiger charge is -1.96. The second kappa shape index (κ2) is 4.10. The van der Waals surface area contributed by atoms with Crippen LogP contribution in [-0.2, 0) is 0 Å². The SMILES string of the molecule is Cc1cnccc1-c1nc(-c2cccs2)no1. The molecule has 0 aliphatic heterocycles. The van der Waals surface area contributed by atoms with Gasteiger partial charge in [-0.25, -0.2) is 0 Å². The van der Waals surface area contributed by atoms with Crippen LogP contribution >= 0.6 is 11.3 Å². The molecule has 0 atom stereocenters. The number of thiophene rings is 1. The lowest BCUT2D eigenvalue weighted by atomic mass is 10.1. The Labute approximate surface area is 102 Å². The van der Waals surface area contributed by atoms with Crippen molar-refractivity contribution >= 4 is 11.3 Å². The number of rotatable bonds is 2. The molecule has 0 amide bonds. The zero-order chi connectivity index (χ0) is 11.7. The second-order valence-corrected chi connectivity index (χ2v) is 4.54. The van der Waals surface area contributed by atoms with Gasteiger partial charge in [0, 0.05) is 18.0 Å². The Hall–Kier alpha value is -2.01. The predicted molar refractivity (Wildman–Crippen MR) is 65.6 cm³/mol. The molecule has 0 radical (unpaired) electrons. The van der Waals surface area contributed by atoms with Gasteiger partial charge in [0.2, 0.25) is 5.82 Å². The highest BCUT2D eigenvalue weighted by atomic mass is 32.1. The predicted octanol–water partition coefficient (Wildman–Crippen LogP) is 3.17. The summed E-state index contributed by atoms with van der Waals surface area (Å²) in [4.78, 5) is 9.43. The van der Waals surface area contributed by atoms with E-state index in [1.807, 2.05) is 30.5 Å². The van der Waals surface area contributed by atoms with Crippen molar-refractivity contribution in [2.75, 3.05) is 0 Å². The third-order valence-corrected chi connectivity index (χ3v) is 3.28. The largest absolute Gasteiger partial charge is 0.334 e. The van der Waals surface area contributed by atoms with E-state index < -0.39 is 0 Å². The Morgan fingerprint density at radius 3 is 3.00 bits per heavy atom. The van der Waals surface area contributed by atoms with Crippen LogP contribution in [0.3, 0.4) is 0 Å². The van der Waals surface area contributed by atoms with Gasteiger partial charge in [-0.05, 0) is 30.0 Å². The van der Waals surface area contributed by atoms with Gasteiger partial charge in [0.1, 0.15) is 0 Å². The fourth-order valence-corrected chi connectivity index (χ4v) is 2.20. The molecule has 0 aliphatic carbocycles. The van der Waals surface area contributed by atoms with Crippen LogP contribution in [0.25, 0.3) is 22.2 Å². The molecule has 3 aromatic heterocycles. The topological polar surface area (TPSA) is 51.8 Å². The highest BCUT2D eigenvalue weighted by molar-refractivity contribution is 7.13. The molecular formula is C12H9N3OS. The Morgan fingerprint density at radius 1 is 1.29 bits per heavy atom. The molecule has 0 unspecified atom stereocenters. The van der Waals surface area contributed by atoms with Crippen LogP contribution in [-0.4, -0.2) is 15.1 Å². The maximum absolute atomic E-state index is 5.27. The molecule has 4 nitrogen and oxygen atoms in total. The van der Waals surface area contributed by atoms with E-state index in [0.717, 1.165) is 16.0 Å². The van der Waals surface area contributed by atoms with Gasteiger partial charge < -0.3 is 4.52 Å². The monoisotopic (exact) mass is 243 g/mol. The van der Waals surface area contributed by atoms with Crippen LogP contribution < -0.4 is 0 Å². The first-order chi connectivity index (χ1) is 8.34. The number of nitrogens with zero attached hydrogens (tertiary/aromatic N) is 3. The van der Waals surface area contributed by atoms with Crippen LogP contribution in [0.5, 0.6) is 0 Å². The van der Waals surface area contributed by atoms with Gasteiger partial charge in [-0.1, -0.05) is 11.2 Å². The number of aryl methyl sites for hydroxylation is 1. The molecule has 0 saturated carbocycles. The molecule has 0 saturated heterocycles. The van der Waals surface area contributed by atoms with Crippen molar-refractivity contribution in [3.8, 4) is 22.2 Å². The molecule has 3 rings (SSSR count). The minimum Gasteiger partial charge on any atom is -0.334 e. The van der Waals surface area contributed by atoms with Crippen molar-refractivity contribution < 1.29 is 4.52 Å². The quantitative estimate of drug-likeness (QED) is 0.693. The van der Waals surface area contributed by atoms with Gasteiger partial charge in [0.15, 0.2) is 0 Å². The summed E-state index contributed by atoms with van der Waals surface area (Å²) >= 11 is 1.59. The summed E-state index contributed by atoms with van der Waals surface area (Å²) < 4.78 is 5.27. The highest BCUT2D eigenvalue weighted by Gasteiger charge is 2.12. The van der Waals surface area contributed by atoms with Gasteiger partial charge in [-0.3, -0.25) is 4.98 Å². The Balaban J connectivity index is 2.04. The summed E-state index contributed by atoms with van der Waals surface area (Å²) in [5, 5.41) is 5.97. The Bertz CT molecular complexity index is 631.